The van der Waals surface area contributed by atoms with Gasteiger partial charge in [-0.1, -0.05) is 0 Å². The van der Waals surface area contributed by atoms with Gasteiger partial charge in [0.15, 0.2) is 0 Å². The molecule has 1 heterocycles. The Morgan fingerprint density at radius 3 is 2.94 bits per heavy atom. The van der Waals surface area contributed by atoms with Crippen molar-refractivity contribution in [1.82, 2.24) is 10.3 Å². The third-order valence-electron chi connectivity index (χ3n) is 2.88. The summed E-state index contributed by atoms with van der Waals surface area (Å²) in [6.45, 7) is 4.13. The van der Waals surface area contributed by atoms with Crippen molar-refractivity contribution in [3.63, 3.8) is 0 Å². The molecule has 2 rings (SSSR count). The molecule has 0 bridgehead atoms. The molecule has 3 nitrogen and oxygen atoms in total. The van der Waals surface area contributed by atoms with Gasteiger partial charge in [0.1, 0.15) is 5.82 Å². The summed E-state index contributed by atoms with van der Waals surface area (Å²) in [6.07, 6.45) is 4.56. The van der Waals surface area contributed by atoms with Crippen molar-refractivity contribution in [3.8, 4) is 0 Å². The van der Waals surface area contributed by atoms with Crippen LogP contribution in [0.3, 0.4) is 0 Å². The summed E-state index contributed by atoms with van der Waals surface area (Å²) >= 11 is 3.47. The number of hydrogen-bond acceptors (Lipinski definition) is 3. The molecule has 4 heteroatoms. The van der Waals surface area contributed by atoms with Gasteiger partial charge in [-0.3, -0.25) is 0 Å². The van der Waals surface area contributed by atoms with E-state index in [1.807, 2.05) is 6.20 Å². The molecular formula is C12H18BrN3. The summed E-state index contributed by atoms with van der Waals surface area (Å²) < 4.78 is 1.07. The molecule has 88 valence electrons. The van der Waals surface area contributed by atoms with Crippen LogP contribution in [-0.2, 0) is 0 Å². The van der Waals surface area contributed by atoms with Gasteiger partial charge in [-0.2, -0.15) is 0 Å². The Balaban J connectivity index is 1.86. The van der Waals surface area contributed by atoms with E-state index in [4.69, 9.17) is 0 Å². The van der Waals surface area contributed by atoms with Crippen LogP contribution in [0.15, 0.2) is 16.7 Å². The number of pyridine rings is 1. The van der Waals surface area contributed by atoms with Crippen molar-refractivity contribution >= 4 is 21.7 Å². The van der Waals surface area contributed by atoms with E-state index in [9.17, 15) is 0 Å². The highest BCUT2D eigenvalue weighted by molar-refractivity contribution is 9.10. The summed E-state index contributed by atoms with van der Waals surface area (Å²) in [7, 11) is 2.09. The Kier molecular flexibility index (Phi) is 3.82. The van der Waals surface area contributed by atoms with Gasteiger partial charge in [-0.25, -0.2) is 4.98 Å². The smallest absolute Gasteiger partial charge is 0.128 e. The average Bonchev–Trinajstić information content (AvgIpc) is 3.06. The molecular weight excluding hydrogens is 266 g/mol. The lowest BCUT2D eigenvalue weighted by Crippen LogP contribution is -2.30. The largest absolute Gasteiger partial charge is 0.358 e. The summed E-state index contributed by atoms with van der Waals surface area (Å²) in [5.41, 5.74) is 1.23. The third-order valence-corrected chi connectivity index (χ3v) is 3.71. The molecule has 0 aliphatic heterocycles. The third kappa shape index (κ3) is 3.19. The summed E-state index contributed by atoms with van der Waals surface area (Å²) in [4.78, 5) is 6.59. The molecule has 0 radical (unpaired) electrons. The fourth-order valence-corrected chi connectivity index (χ4v) is 1.79. The van der Waals surface area contributed by atoms with Gasteiger partial charge in [0, 0.05) is 36.8 Å². The highest BCUT2D eigenvalue weighted by Gasteiger charge is 2.19. The molecule has 1 fully saturated rings. The van der Waals surface area contributed by atoms with Crippen LogP contribution >= 0.6 is 15.9 Å². The number of nitrogens with zero attached hydrogens (tertiary/aromatic N) is 2. The standard InChI is InChI=1S/C12H18BrN3/c1-9-7-12(15-8-11(9)13)16(2)6-5-14-10-3-4-10/h7-8,10,14H,3-6H2,1-2H3. The summed E-state index contributed by atoms with van der Waals surface area (Å²) in [5, 5.41) is 3.50. The number of likely N-dealkylation sites (N-methyl/N-ethyl adjacent to an activating group) is 1. The predicted molar refractivity (Wildman–Crippen MR) is 71.0 cm³/mol. The first-order valence-corrected chi connectivity index (χ1v) is 6.53. The molecule has 1 aliphatic rings. The van der Waals surface area contributed by atoms with E-state index >= 15 is 0 Å². The van der Waals surface area contributed by atoms with Crippen molar-refractivity contribution in [1.29, 1.82) is 0 Å². The van der Waals surface area contributed by atoms with Crippen LogP contribution in [0.5, 0.6) is 0 Å². The first-order chi connectivity index (χ1) is 7.66. The van der Waals surface area contributed by atoms with E-state index in [-0.39, 0.29) is 0 Å². The van der Waals surface area contributed by atoms with Crippen molar-refractivity contribution < 1.29 is 0 Å². The number of aryl methyl sites for hydroxylation is 1. The van der Waals surface area contributed by atoms with E-state index in [1.165, 1.54) is 18.4 Å². The number of rotatable bonds is 5. The van der Waals surface area contributed by atoms with Gasteiger partial charge in [0.05, 0.1) is 0 Å². The second-order valence-electron chi connectivity index (χ2n) is 4.44. The van der Waals surface area contributed by atoms with E-state index < -0.39 is 0 Å². The number of nitrogens with one attached hydrogen (secondary N) is 1. The zero-order chi connectivity index (χ0) is 11.5. The Hall–Kier alpha value is -0.610. The van der Waals surface area contributed by atoms with Crippen molar-refractivity contribution in [2.75, 3.05) is 25.0 Å². The zero-order valence-corrected chi connectivity index (χ0v) is 11.4. The summed E-state index contributed by atoms with van der Waals surface area (Å²) in [5.74, 6) is 1.04. The fourth-order valence-electron chi connectivity index (χ4n) is 1.57. The maximum Gasteiger partial charge on any atom is 0.128 e. The number of halogens is 1. The van der Waals surface area contributed by atoms with Crippen molar-refractivity contribution in [2.24, 2.45) is 0 Å². The molecule has 1 saturated carbocycles. The minimum absolute atomic E-state index is 0.785. The van der Waals surface area contributed by atoms with Gasteiger partial charge < -0.3 is 10.2 Å². The monoisotopic (exact) mass is 283 g/mol. The second kappa shape index (κ2) is 5.15. The van der Waals surface area contributed by atoms with Gasteiger partial charge >= 0.3 is 0 Å². The molecule has 0 atom stereocenters. The predicted octanol–water partition coefficient (Wildman–Crippen LogP) is 2.34. The summed E-state index contributed by atoms with van der Waals surface area (Å²) in [6, 6.07) is 2.90. The topological polar surface area (TPSA) is 28.2 Å². The van der Waals surface area contributed by atoms with Gasteiger partial charge in [-0.15, -0.1) is 0 Å². The highest BCUT2D eigenvalue weighted by Crippen LogP contribution is 2.20. The molecule has 0 aromatic carbocycles. The number of anilines is 1. The van der Waals surface area contributed by atoms with Crippen molar-refractivity contribution in [3.05, 3.63) is 22.3 Å². The number of hydrogen-bond donors (Lipinski definition) is 1. The lowest BCUT2D eigenvalue weighted by atomic mass is 10.3. The molecule has 0 amide bonds. The molecule has 0 saturated heterocycles. The second-order valence-corrected chi connectivity index (χ2v) is 5.30. The van der Waals surface area contributed by atoms with Crippen LogP contribution in [0.4, 0.5) is 5.82 Å². The van der Waals surface area contributed by atoms with Gasteiger partial charge in [-0.05, 0) is 47.3 Å². The van der Waals surface area contributed by atoms with Gasteiger partial charge in [0.25, 0.3) is 0 Å². The van der Waals surface area contributed by atoms with E-state index in [0.717, 1.165) is 29.4 Å². The van der Waals surface area contributed by atoms with Crippen LogP contribution in [0.1, 0.15) is 18.4 Å². The van der Waals surface area contributed by atoms with Crippen molar-refractivity contribution in [2.45, 2.75) is 25.8 Å². The fraction of sp³-hybridized carbons (Fsp3) is 0.583. The van der Waals surface area contributed by atoms with Crippen LogP contribution in [-0.4, -0.2) is 31.2 Å². The average molecular weight is 284 g/mol. The van der Waals surface area contributed by atoms with Crippen LogP contribution in [0.2, 0.25) is 0 Å². The van der Waals surface area contributed by atoms with E-state index in [1.54, 1.807) is 0 Å². The van der Waals surface area contributed by atoms with Gasteiger partial charge in [0.2, 0.25) is 0 Å². The molecule has 1 aliphatic carbocycles. The normalized spacial score (nSPS) is 15.2. The molecule has 16 heavy (non-hydrogen) atoms. The Labute approximate surface area is 105 Å². The maximum atomic E-state index is 4.40. The molecule has 1 aromatic rings. The van der Waals surface area contributed by atoms with Crippen LogP contribution in [0.25, 0.3) is 0 Å². The van der Waals surface area contributed by atoms with Crippen LogP contribution in [0, 0.1) is 6.92 Å². The zero-order valence-electron chi connectivity index (χ0n) is 9.83. The SMILES string of the molecule is Cc1cc(N(C)CCNC2CC2)ncc1Br. The molecule has 0 unspecified atom stereocenters. The van der Waals surface area contributed by atoms with E-state index in [0.29, 0.717) is 0 Å². The minimum atomic E-state index is 0.785. The maximum absolute atomic E-state index is 4.40. The molecule has 0 spiro atoms. The Morgan fingerprint density at radius 1 is 1.56 bits per heavy atom. The van der Waals surface area contributed by atoms with Crippen LogP contribution < -0.4 is 10.2 Å². The number of aromatic nitrogens is 1. The lowest BCUT2D eigenvalue weighted by Gasteiger charge is -2.19. The molecule has 1 aromatic heterocycles. The Bertz CT molecular complexity index is 363. The minimum Gasteiger partial charge on any atom is -0.358 e. The first kappa shape index (κ1) is 11.9. The highest BCUT2D eigenvalue weighted by atomic mass is 79.9. The quantitative estimate of drug-likeness (QED) is 0.899. The lowest BCUT2D eigenvalue weighted by molar-refractivity contribution is 0.672. The first-order valence-electron chi connectivity index (χ1n) is 5.73. The van der Waals surface area contributed by atoms with E-state index in [2.05, 4.69) is 51.2 Å². The molecule has 1 N–H and O–H groups in total. The Morgan fingerprint density at radius 2 is 2.31 bits per heavy atom.